The van der Waals surface area contributed by atoms with Crippen LogP contribution in [0.5, 0.6) is 0 Å². The van der Waals surface area contributed by atoms with Gasteiger partial charge in [0.15, 0.2) is 0 Å². The Morgan fingerprint density at radius 3 is 1.65 bits per heavy atom. The van der Waals surface area contributed by atoms with E-state index in [1.807, 2.05) is 36.4 Å². The zero-order valence-electron chi connectivity index (χ0n) is 17.5. The van der Waals surface area contributed by atoms with Crippen LogP contribution in [0.1, 0.15) is 55.7 Å². The highest BCUT2D eigenvalue weighted by Gasteiger charge is 2.18. The standard InChI is InChI=1S/C22H28N2O.C2H2O4/c25-21(17-23-20-15-9-1-2-10-16-20)24-22(18-11-5-3-6-12-18)19-13-7-4-8-14-19;3-1(4)2(5)6/h3-8,11-14,20,22-23H,1-2,9-10,15-17H2,(H,24,25);(H,3,4)(H,5,6). The highest BCUT2D eigenvalue weighted by Crippen LogP contribution is 2.21. The van der Waals surface area contributed by atoms with Crippen molar-refractivity contribution in [2.45, 2.75) is 50.6 Å². The predicted octanol–water partition coefficient (Wildman–Crippen LogP) is 3.36. The van der Waals surface area contributed by atoms with Crippen molar-refractivity contribution in [3.63, 3.8) is 0 Å². The van der Waals surface area contributed by atoms with E-state index in [-0.39, 0.29) is 11.9 Å². The molecule has 0 radical (unpaired) electrons. The molecular formula is C24H30N2O5. The average molecular weight is 427 g/mol. The van der Waals surface area contributed by atoms with Crippen LogP contribution in [-0.2, 0) is 14.4 Å². The van der Waals surface area contributed by atoms with E-state index < -0.39 is 11.9 Å². The second kappa shape index (κ2) is 13.2. The van der Waals surface area contributed by atoms with Crippen LogP contribution in [0.3, 0.4) is 0 Å². The zero-order valence-corrected chi connectivity index (χ0v) is 17.5. The molecule has 1 fully saturated rings. The molecule has 4 N–H and O–H groups in total. The maximum atomic E-state index is 12.6. The van der Waals surface area contributed by atoms with Crippen molar-refractivity contribution in [2.24, 2.45) is 0 Å². The largest absolute Gasteiger partial charge is 0.473 e. The summed E-state index contributed by atoms with van der Waals surface area (Å²) < 4.78 is 0. The van der Waals surface area contributed by atoms with Crippen LogP contribution in [-0.4, -0.2) is 40.6 Å². The van der Waals surface area contributed by atoms with Crippen LogP contribution in [0.2, 0.25) is 0 Å². The summed E-state index contributed by atoms with van der Waals surface area (Å²) in [7, 11) is 0. The molecule has 0 spiro atoms. The average Bonchev–Trinajstić information content (AvgIpc) is 3.06. The van der Waals surface area contributed by atoms with E-state index in [2.05, 4.69) is 34.9 Å². The minimum absolute atomic E-state index is 0.0574. The highest BCUT2D eigenvalue weighted by molar-refractivity contribution is 6.27. The quantitative estimate of drug-likeness (QED) is 0.416. The van der Waals surface area contributed by atoms with Crippen molar-refractivity contribution in [1.82, 2.24) is 10.6 Å². The molecule has 1 aliphatic rings. The van der Waals surface area contributed by atoms with E-state index >= 15 is 0 Å². The van der Waals surface area contributed by atoms with Gasteiger partial charge in [-0.1, -0.05) is 86.3 Å². The van der Waals surface area contributed by atoms with Gasteiger partial charge < -0.3 is 20.8 Å². The third-order valence-electron chi connectivity index (χ3n) is 5.16. The van der Waals surface area contributed by atoms with Gasteiger partial charge in [-0.3, -0.25) is 4.79 Å². The van der Waals surface area contributed by atoms with Crippen LogP contribution < -0.4 is 10.6 Å². The topological polar surface area (TPSA) is 116 Å². The normalized spacial score (nSPS) is 14.1. The van der Waals surface area contributed by atoms with Crippen LogP contribution in [0.4, 0.5) is 0 Å². The number of carboxylic acid groups (broad SMARTS) is 2. The molecule has 0 bridgehead atoms. The molecule has 7 nitrogen and oxygen atoms in total. The molecular weight excluding hydrogens is 396 g/mol. The first-order chi connectivity index (χ1) is 15.0. The summed E-state index contributed by atoms with van der Waals surface area (Å²) in [4.78, 5) is 30.8. The molecule has 0 heterocycles. The SMILES string of the molecule is O=C(CNC1CCCCCC1)NC(c1ccccc1)c1ccccc1.O=C(O)C(=O)O. The molecule has 0 aromatic heterocycles. The van der Waals surface area contributed by atoms with Crippen molar-refractivity contribution >= 4 is 17.8 Å². The lowest BCUT2D eigenvalue weighted by Crippen LogP contribution is -2.40. The van der Waals surface area contributed by atoms with E-state index in [0.717, 1.165) is 11.1 Å². The van der Waals surface area contributed by atoms with Crippen LogP contribution in [0, 0.1) is 0 Å². The Morgan fingerprint density at radius 1 is 0.774 bits per heavy atom. The number of carbonyl (C=O) groups is 3. The maximum absolute atomic E-state index is 12.6. The molecule has 0 saturated heterocycles. The van der Waals surface area contributed by atoms with E-state index in [0.29, 0.717) is 12.6 Å². The van der Waals surface area contributed by atoms with Gasteiger partial charge in [0.2, 0.25) is 5.91 Å². The number of carbonyl (C=O) groups excluding carboxylic acids is 1. The molecule has 0 aliphatic heterocycles. The Hall–Kier alpha value is -3.19. The highest BCUT2D eigenvalue weighted by atomic mass is 16.4. The van der Waals surface area contributed by atoms with Gasteiger partial charge in [0, 0.05) is 6.04 Å². The predicted molar refractivity (Wildman–Crippen MR) is 118 cm³/mol. The summed E-state index contributed by atoms with van der Waals surface area (Å²) in [6, 6.07) is 20.7. The van der Waals surface area contributed by atoms with Crippen molar-refractivity contribution in [2.75, 3.05) is 6.54 Å². The van der Waals surface area contributed by atoms with E-state index in [1.54, 1.807) is 0 Å². The monoisotopic (exact) mass is 426 g/mol. The fraction of sp³-hybridized carbons (Fsp3) is 0.375. The van der Waals surface area contributed by atoms with Crippen LogP contribution in [0.15, 0.2) is 60.7 Å². The summed E-state index contributed by atoms with van der Waals surface area (Å²) in [5.41, 5.74) is 2.22. The first-order valence-corrected chi connectivity index (χ1v) is 10.6. The van der Waals surface area contributed by atoms with Gasteiger partial charge in [-0.2, -0.15) is 0 Å². The molecule has 166 valence electrons. The molecule has 0 atom stereocenters. The van der Waals surface area contributed by atoms with E-state index in [9.17, 15) is 4.79 Å². The maximum Gasteiger partial charge on any atom is 0.414 e. The summed E-state index contributed by atoms with van der Waals surface area (Å²) in [5, 5.41) is 21.4. The fourth-order valence-corrected chi connectivity index (χ4v) is 3.58. The van der Waals surface area contributed by atoms with Gasteiger partial charge in [-0.25, -0.2) is 9.59 Å². The lowest BCUT2D eigenvalue weighted by molar-refractivity contribution is -0.159. The number of aliphatic carboxylic acids is 2. The van der Waals surface area contributed by atoms with Crippen LogP contribution >= 0.6 is 0 Å². The fourth-order valence-electron chi connectivity index (χ4n) is 3.58. The molecule has 1 amide bonds. The van der Waals surface area contributed by atoms with Gasteiger partial charge in [0.1, 0.15) is 0 Å². The Balaban J connectivity index is 0.000000501. The molecule has 31 heavy (non-hydrogen) atoms. The van der Waals surface area contributed by atoms with Crippen molar-refractivity contribution in [1.29, 1.82) is 0 Å². The molecule has 2 aromatic rings. The smallest absolute Gasteiger partial charge is 0.414 e. The molecule has 1 aliphatic carbocycles. The Labute approximate surface area is 182 Å². The van der Waals surface area contributed by atoms with E-state index in [4.69, 9.17) is 19.8 Å². The summed E-state index contributed by atoms with van der Waals surface area (Å²) in [5.74, 6) is -3.59. The first kappa shape index (κ1) is 24.1. The lowest BCUT2D eigenvalue weighted by Gasteiger charge is -2.21. The Bertz CT molecular complexity index is 767. The van der Waals surface area contributed by atoms with Gasteiger partial charge in [0.25, 0.3) is 0 Å². The van der Waals surface area contributed by atoms with Crippen molar-refractivity contribution in [3.8, 4) is 0 Å². The summed E-state index contributed by atoms with van der Waals surface area (Å²) >= 11 is 0. The van der Waals surface area contributed by atoms with Gasteiger partial charge >= 0.3 is 11.9 Å². The number of hydrogen-bond acceptors (Lipinski definition) is 4. The minimum atomic E-state index is -1.82. The number of benzene rings is 2. The lowest BCUT2D eigenvalue weighted by atomic mass is 9.99. The number of hydrogen-bond donors (Lipinski definition) is 4. The number of rotatable bonds is 6. The third kappa shape index (κ3) is 9.00. The number of nitrogens with one attached hydrogen (secondary N) is 2. The summed E-state index contributed by atoms with van der Waals surface area (Å²) in [6.45, 7) is 0.390. The minimum Gasteiger partial charge on any atom is -0.473 e. The zero-order chi connectivity index (χ0) is 22.5. The molecule has 7 heteroatoms. The third-order valence-corrected chi connectivity index (χ3v) is 5.16. The van der Waals surface area contributed by atoms with Gasteiger partial charge in [0.05, 0.1) is 12.6 Å². The van der Waals surface area contributed by atoms with Gasteiger partial charge in [-0.05, 0) is 24.0 Å². The Morgan fingerprint density at radius 2 is 1.23 bits per heavy atom. The Kier molecular flexibility index (Phi) is 10.2. The summed E-state index contributed by atoms with van der Waals surface area (Å²) in [6.07, 6.45) is 7.58. The number of carboxylic acids is 2. The number of amides is 1. The van der Waals surface area contributed by atoms with Gasteiger partial charge in [-0.15, -0.1) is 0 Å². The molecule has 1 saturated carbocycles. The molecule has 0 unspecified atom stereocenters. The van der Waals surface area contributed by atoms with Crippen molar-refractivity contribution in [3.05, 3.63) is 71.8 Å². The molecule has 3 rings (SSSR count). The molecule has 2 aromatic carbocycles. The van der Waals surface area contributed by atoms with E-state index in [1.165, 1.54) is 38.5 Å². The van der Waals surface area contributed by atoms with Crippen LogP contribution in [0.25, 0.3) is 0 Å². The second-order valence-electron chi connectivity index (χ2n) is 7.50. The van der Waals surface area contributed by atoms with Crippen molar-refractivity contribution < 1.29 is 24.6 Å². The second-order valence-corrected chi connectivity index (χ2v) is 7.50. The first-order valence-electron chi connectivity index (χ1n) is 10.6.